The van der Waals surface area contributed by atoms with Crippen molar-refractivity contribution in [1.82, 2.24) is 0 Å². The molecule has 11 heteroatoms. The van der Waals surface area contributed by atoms with Gasteiger partial charge in [0.1, 0.15) is 6.54 Å². The van der Waals surface area contributed by atoms with Crippen molar-refractivity contribution in [1.29, 1.82) is 0 Å². The van der Waals surface area contributed by atoms with Crippen LogP contribution in [-0.2, 0) is 29.7 Å². The number of carbonyl (C=O) groups is 1. The van der Waals surface area contributed by atoms with E-state index in [1.54, 1.807) is 6.07 Å². The molecule has 1 aromatic carbocycles. The van der Waals surface area contributed by atoms with Crippen LogP contribution in [0.15, 0.2) is 23.1 Å². The van der Waals surface area contributed by atoms with Gasteiger partial charge in [0.05, 0.1) is 23.2 Å². The minimum Gasteiger partial charge on any atom is -0.481 e. The summed E-state index contributed by atoms with van der Waals surface area (Å²) in [4.78, 5) is 11.5. The third kappa shape index (κ3) is 6.24. The summed E-state index contributed by atoms with van der Waals surface area (Å²) in [5, 5.41) is 20.9. The van der Waals surface area contributed by atoms with Crippen molar-refractivity contribution in [3.05, 3.63) is 23.8 Å². The fourth-order valence-corrected chi connectivity index (χ4v) is 4.63. The molecule has 1 heterocycles. The lowest BCUT2D eigenvalue weighted by Gasteiger charge is -2.22. The van der Waals surface area contributed by atoms with Gasteiger partial charge in [-0.3, -0.25) is 9.35 Å². The average Bonchev–Trinajstić information content (AvgIpc) is 2.84. The third-order valence-corrected chi connectivity index (χ3v) is 6.70. The van der Waals surface area contributed by atoms with Crippen LogP contribution in [0, 0.1) is 0 Å². The van der Waals surface area contributed by atoms with Crippen molar-refractivity contribution < 1.29 is 42.1 Å². The maximum absolute atomic E-state index is 11.1. The summed E-state index contributed by atoms with van der Waals surface area (Å²) in [5.74, 6) is -1.15. The maximum atomic E-state index is 11.1. The second kappa shape index (κ2) is 10.0. The molecule has 0 saturated carbocycles. The Morgan fingerprint density at radius 2 is 2.00 bits per heavy atom. The number of hydrogen-bond acceptors (Lipinski definition) is 7. The van der Waals surface area contributed by atoms with Gasteiger partial charge in [0.25, 0.3) is 10.1 Å². The van der Waals surface area contributed by atoms with Crippen LogP contribution >= 0.6 is 12.0 Å². The molecule has 1 unspecified atom stereocenters. The Balaban J connectivity index is 2.30. The van der Waals surface area contributed by atoms with E-state index in [1.807, 2.05) is 23.6 Å². The van der Waals surface area contributed by atoms with E-state index < -0.39 is 16.1 Å². The fraction of sp³-hybridized carbons (Fsp3) is 0.556. The molecule has 3 N–H and O–H groups in total. The van der Waals surface area contributed by atoms with E-state index in [1.165, 1.54) is 0 Å². The molecular weight excluding hydrogens is 422 g/mol. The molecule has 0 aliphatic carbocycles. The summed E-state index contributed by atoms with van der Waals surface area (Å²) in [5.41, 5.74) is 2.58. The highest BCUT2D eigenvalue weighted by Gasteiger charge is 2.46. The number of carboxylic acids is 1. The molecule has 1 aromatic rings. The molecule has 1 atom stereocenters. The second-order valence-corrected chi connectivity index (χ2v) is 9.56. The van der Waals surface area contributed by atoms with Crippen LogP contribution in [-0.4, -0.2) is 51.9 Å². The fourth-order valence-electron chi connectivity index (χ4n) is 3.74. The maximum Gasteiger partial charge on any atom is 0.303 e. The summed E-state index contributed by atoms with van der Waals surface area (Å²) in [7, 11) is -4.03. The summed E-state index contributed by atoms with van der Waals surface area (Å²) >= 11 is 0.853. The molecule has 9 nitrogen and oxygen atoms in total. The van der Waals surface area contributed by atoms with Crippen LogP contribution in [0.4, 0.5) is 5.69 Å². The number of hydrogen-bond donors (Lipinski definition) is 3. The standard InChI is InChI=1S/C18H25NO8S2/c1-13-18(2,9-4-3-6-17(20)21)15-12-14(28-27-26-22)7-8-16(15)19(13)10-5-11-29(23,24)25/h7-8,12H,3-6,9-11H2,1-2H3,(H2-,20,21,22,23,24,25)/p+1. The minimum atomic E-state index is -4.03. The van der Waals surface area contributed by atoms with E-state index in [0.29, 0.717) is 24.3 Å². The van der Waals surface area contributed by atoms with Crippen molar-refractivity contribution in [2.45, 2.75) is 56.3 Å². The zero-order chi connectivity index (χ0) is 21.7. The van der Waals surface area contributed by atoms with Crippen LogP contribution < -0.4 is 0 Å². The average molecular weight is 449 g/mol. The van der Waals surface area contributed by atoms with Gasteiger partial charge in [-0.05, 0) is 31.9 Å². The Hall–Kier alpha value is -1.50. The van der Waals surface area contributed by atoms with E-state index >= 15 is 0 Å². The van der Waals surface area contributed by atoms with Crippen LogP contribution in [0.3, 0.4) is 0 Å². The van der Waals surface area contributed by atoms with Gasteiger partial charge in [-0.2, -0.15) is 13.0 Å². The number of rotatable bonds is 12. The van der Waals surface area contributed by atoms with Gasteiger partial charge in [0, 0.05) is 36.3 Å². The Kier molecular flexibility index (Phi) is 8.20. The molecular formula is C18H26NO8S2+. The van der Waals surface area contributed by atoms with Gasteiger partial charge in [0.15, 0.2) is 5.71 Å². The smallest absolute Gasteiger partial charge is 0.303 e. The van der Waals surface area contributed by atoms with Gasteiger partial charge in [-0.25, -0.2) is 5.26 Å². The Labute approximate surface area is 174 Å². The molecule has 29 heavy (non-hydrogen) atoms. The first-order chi connectivity index (χ1) is 13.6. The second-order valence-electron chi connectivity index (χ2n) is 7.21. The predicted octanol–water partition coefficient (Wildman–Crippen LogP) is 3.41. The number of fused-ring (bicyclic) bond motifs is 1. The molecule has 0 bridgehead atoms. The van der Waals surface area contributed by atoms with Crippen molar-refractivity contribution in [2.24, 2.45) is 0 Å². The Morgan fingerprint density at radius 1 is 1.28 bits per heavy atom. The lowest BCUT2D eigenvalue weighted by Crippen LogP contribution is -2.30. The first-order valence-corrected chi connectivity index (χ1v) is 11.5. The Morgan fingerprint density at radius 3 is 2.62 bits per heavy atom. The molecule has 2 rings (SSSR count). The van der Waals surface area contributed by atoms with E-state index in [9.17, 15) is 13.2 Å². The molecule has 0 radical (unpaired) electrons. The largest absolute Gasteiger partial charge is 0.481 e. The molecule has 0 spiro atoms. The van der Waals surface area contributed by atoms with Gasteiger partial charge in [-0.15, -0.1) is 4.33 Å². The Bertz CT molecular complexity index is 884. The van der Waals surface area contributed by atoms with Gasteiger partial charge in [-0.1, -0.05) is 11.5 Å². The minimum absolute atomic E-state index is 0.109. The van der Waals surface area contributed by atoms with Crippen LogP contribution in [0.2, 0.25) is 0 Å². The van der Waals surface area contributed by atoms with E-state index in [4.69, 9.17) is 14.9 Å². The lowest BCUT2D eigenvalue weighted by atomic mass is 9.76. The molecule has 1 aliphatic rings. The zero-order valence-corrected chi connectivity index (χ0v) is 18.0. The van der Waals surface area contributed by atoms with E-state index in [2.05, 4.69) is 16.3 Å². The first-order valence-electron chi connectivity index (χ1n) is 9.16. The number of benzene rings is 1. The van der Waals surface area contributed by atoms with Crippen molar-refractivity contribution in [3.8, 4) is 0 Å². The van der Waals surface area contributed by atoms with Crippen molar-refractivity contribution in [3.63, 3.8) is 0 Å². The van der Waals surface area contributed by atoms with Crippen molar-refractivity contribution >= 4 is 39.5 Å². The summed E-state index contributed by atoms with van der Waals surface area (Å²) in [6.45, 7) is 4.47. The third-order valence-electron chi connectivity index (χ3n) is 5.32. The quantitative estimate of drug-likeness (QED) is 0.110. The molecule has 162 valence electrons. The SMILES string of the molecule is CC1=[N+](CCCS(=O)(=O)O)c2ccc(SOOO)cc2C1(C)CCCCC(=O)O. The highest BCUT2D eigenvalue weighted by molar-refractivity contribution is 7.94. The van der Waals surface area contributed by atoms with Crippen LogP contribution in [0.1, 0.15) is 51.5 Å². The normalized spacial score (nSPS) is 18.9. The molecule has 0 saturated heterocycles. The number of nitrogens with zero attached hydrogens (tertiary/aromatic N) is 1. The summed E-state index contributed by atoms with van der Waals surface area (Å²) < 4.78 is 37.7. The summed E-state index contributed by atoms with van der Waals surface area (Å²) in [6.07, 6.45) is 2.37. The first kappa shape index (κ1) is 23.8. The van der Waals surface area contributed by atoms with Gasteiger partial charge < -0.3 is 5.11 Å². The monoisotopic (exact) mass is 448 g/mol. The van der Waals surface area contributed by atoms with Gasteiger partial charge >= 0.3 is 5.97 Å². The zero-order valence-electron chi connectivity index (χ0n) is 16.3. The summed E-state index contributed by atoms with van der Waals surface area (Å²) in [6, 6.07) is 5.60. The van der Waals surface area contributed by atoms with E-state index in [-0.39, 0.29) is 24.0 Å². The van der Waals surface area contributed by atoms with Crippen molar-refractivity contribution in [2.75, 3.05) is 12.3 Å². The molecule has 0 aromatic heterocycles. The highest BCUT2D eigenvalue weighted by atomic mass is 32.2. The molecule has 1 aliphatic heterocycles. The lowest BCUT2D eigenvalue weighted by molar-refractivity contribution is -0.438. The molecule has 0 fully saturated rings. The van der Waals surface area contributed by atoms with Crippen LogP contribution in [0.5, 0.6) is 0 Å². The predicted molar refractivity (Wildman–Crippen MR) is 107 cm³/mol. The number of carboxylic acid groups (broad SMARTS) is 1. The number of aliphatic carboxylic acids is 1. The van der Waals surface area contributed by atoms with Gasteiger partial charge in [0.2, 0.25) is 5.69 Å². The van der Waals surface area contributed by atoms with E-state index in [0.717, 1.165) is 35.4 Å². The topological polar surface area (TPSA) is 133 Å². The van der Waals surface area contributed by atoms with Crippen LogP contribution in [0.25, 0.3) is 0 Å². The highest BCUT2D eigenvalue weighted by Crippen LogP contribution is 2.44. The molecule has 0 amide bonds. The number of unbranched alkanes of at least 4 members (excludes halogenated alkanes) is 1.